The predicted octanol–water partition coefficient (Wildman–Crippen LogP) is 3.79. The molecular formula is C25H30N2O4. The smallest absolute Gasteiger partial charge is 0.339 e. The van der Waals surface area contributed by atoms with Crippen LogP contribution in [0.25, 0.3) is 11.0 Å². The Kier molecular flexibility index (Phi) is 6.18. The summed E-state index contributed by atoms with van der Waals surface area (Å²) in [5, 5.41) is 0.835. The fourth-order valence-electron chi connectivity index (χ4n) is 4.45. The highest BCUT2D eigenvalue weighted by molar-refractivity contribution is 5.89. The third-order valence-electron chi connectivity index (χ3n) is 6.28. The van der Waals surface area contributed by atoms with Crippen molar-refractivity contribution >= 4 is 16.7 Å². The van der Waals surface area contributed by atoms with E-state index in [1.807, 2.05) is 13.0 Å². The molecule has 1 fully saturated rings. The van der Waals surface area contributed by atoms with Crippen molar-refractivity contribution in [2.45, 2.75) is 20.3 Å². The molecule has 1 aromatic heterocycles. The summed E-state index contributed by atoms with van der Waals surface area (Å²) in [6, 6.07) is 12.1. The zero-order valence-corrected chi connectivity index (χ0v) is 18.7. The molecular weight excluding hydrogens is 392 g/mol. The third kappa shape index (κ3) is 4.26. The first-order chi connectivity index (χ1) is 15.0. The van der Waals surface area contributed by atoms with Gasteiger partial charge in [-0.3, -0.25) is 4.90 Å². The Balaban J connectivity index is 1.48. The summed E-state index contributed by atoms with van der Waals surface area (Å²) in [5.74, 6) is 1.26. The third-order valence-corrected chi connectivity index (χ3v) is 6.28. The van der Waals surface area contributed by atoms with Gasteiger partial charge in [0.1, 0.15) is 17.1 Å². The number of anilines is 1. The number of piperazine rings is 1. The van der Waals surface area contributed by atoms with Gasteiger partial charge in [0.2, 0.25) is 0 Å². The lowest BCUT2D eigenvalue weighted by atomic mass is 10.0. The maximum atomic E-state index is 12.7. The van der Waals surface area contributed by atoms with Crippen LogP contribution in [0.5, 0.6) is 11.5 Å². The lowest BCUT2D eigenvalue weighted by Gasteiger charge is -2.36. The second-order valence-electron chi connectivity index (χ2n) is 8.06. The van der Waals surface area contributed by atoms with E-state index in [1.165, 1.54) is 11.3 Å². The number of para-hydroxylation sites is 1. The average Bonchev–Trinajstić information content (AvgIpc) is 2.78. The second kappa shape index (κ2) is 9.02. The Labute approximate surface area is 183 Å². The number of methoxy groups -OCH3 is 2. The molecule has 6 heteroatoms. The van der Waals surface area contributed by atoms with Crippen LogP contribution in [0.1, 0.15) is 16.7 Å². The number of hydrogen-bond acceptors (Lipinski definition) is 6. The molecule has 0 atom stereocenters. The van der Waals surface area contributed by atoms with Crippen molar-refractivity contribution in [3.63, 3.8) is 0 Å². The van der Waals surface area contributed by atoms with E-state index in [0.717, 1.165) is 49.2 Å². The molecule has 1 aliphatic rings. The van der Waals surface area contributed by atoms with Crippen molar-refractivity contribution in [2.75, 3.05) is 51.8 Å². The van der Waals surface area contributed by atoms with Crippen LogP contribution in [0.2, 0.25) is 0 Å². The van der Waals surface area contributed by atoms with Crippen LogP contribution in [0, 0.1) is 13.8 Å². The highest BCUT2D eigenvalue weighted by Crippen LogP contribution is 2.33. The van der Waals surface area contributed by atoms with Gasteiger partial charge in [0.25, 0.3) is 0 Å². The Hall–Kier alpha value is -2.99. The van der Waals surface area contributed by atoms with Gasteiger partial charge in [-0.05, 0) is 37.5 Å². The molecule has 0 bridgehead atoms. The average molecular weight is 423 g/mol. The Morgan fingerprint density at radius 1 is 1.00 bits per heavy atom. The summed E-state index contributed by atoms with van der Waals surface area (Å²) in [6.07, 6.45) is 0.656. The number of benzene rings is 2. The van der Waals surface area contributed by atoms with Gasteiger partial charge in [0.05, 0.1) is 19.6 Å². The monoisotopic (exact) mass is 422 g/mol. The highest BCUT2D eigenvalue weighted by Gasteiger charge is 2.20. The molecule has 0 aliphatic carbocycles. The number of ether oxygens (including phenoxy) is 2. The summed E-state index contributed by atoms with van der Waals surface area (Å²) >= 11 is 0. The van der Waals surface area contributed by atoms with Gasteiger partial charge >= 0.3 is 5.63 Å². The molecule has 0 unspecified atom stereocenters. The molecule has 3 aromatic rings. The zero-order valence-electron chi connectivity index (χ0n) is 18.7. The molecule has 2 heterocycles. The summed E-state index contributed by atoms with van der Waals surface area (Å²) in [7, 11) is 3.20. The topological polar surface area (TPSA) is 55.2 Å². The van der Waals surface area contributed by atoms with Crippen LogP contribution in [0.3, 0.4) is 0 Å². The Morgan fingerprint density at radius 3 is 2.42 bits per heavy atom. The predicted molar refractivity (Wildman–Crippen MR) is 124 cm³/mol. The van der Waals surface area contributed by atoms with Crippen molar-refractivity contribution in [1.82, 2.24) is 4.90 Å². The number of aryl methyl sites for hydroxylation is 2. The second-order valence-corrected chi connectivity index (χ2v) is 8.06. The molecule has 4 rings (SSSR count). The molecule has 0 saturated carbocycles. The van der Waals surface area contributed by atoms with Crippen molar-refractivity contribution < 1.29 is 13.9 Å². The van der Waals surface area contributed by atoms with E-state index in [1.54, 1.807) is 20.3 Å². The summed E-state index contributed by atoms with van der Waals surface area (Å²) in [5.41, 5.74) is 4.48. The van der Waals surface area contributed by atoms with E-state index in [0.29, 0.717) is 23.5 Å². The van der Waals surface area contributed by atoms with Crippen molar-refractivity contribution in [3.8, 4) is 11.5 Å². The summed E-state index contributed by atoms with van der Waals surface area (Å²) in [4.78, 5) is 17.6. The van der Waals surface area contributed by atoms with E-state index in [4.69, 9.17) is 13.9 Å². The molecule has 0 radical (unpaired) electrons. The number of fused-ring (bicyclic) bond motifs is 1. The van der Waals surface area contributed by atoms with E-state index < -0.39 is 0 Å². The number of nitrogens with zero attached hydrogens (tertiary/aromatic N) is 2. The maximum absolute atomic E-state index is 12.7. The van der Waals surface area contributed by atoms with Gasteiger partial charge < -0.3 is 18.8 Å². The van der Waals surface area contributed by atoms with E-state index in [2.05, 4.69) is 41.0 Å². The largest absolute Gasteiger partial charge is 0.496 e. The van der Waals surface area contributed by atoms with Gasteiger partial charge in [-0.15, -0.1) is 0 Å². The molecule has 31 heavy (non-hydrogen) atoms. The minimum Gasteiger partial charge on any atom is -0.496 e. The minimum absolute atomic E-state index is 0.279. The van der Waals surface area contributed by atoms with Crippen LogP contribution in [0.4, 0.5) is 5.69 Å². The van der Waals surface area contributed by atoms with Gasteiger partial charge in [0, 0.05) is 56.1 Å². The highest BCUT2D eigenvalue weighted by atomic mass is 16.5. The van der Waals surface area contributed by atoms with Crippen LogP contribution in [0.15, 0.2) is 45.6 Å². The first kappa shape index (κ1) is 21.2. The molecule has 6 nitrogen and oxygen atoms in total. The van der Waals surface area contributed by atoms with E-state index in [9.17, 15) is 4.79 Å². The Bertz CT molecular complexity index is 1130. The van der Waals surface area contributed by atoms with Crippen molar-refractivity contribution in [2.24, 2.45) is 0 Å². The Morgan fingerprint density at radius 2 is 1.74 bits per heavy atom. The molecule has 0 spiro atoms. The molecule has 0 amide bonds. The molecule has 0 N–H and O–H groups in total. The fraction of sp³-hybridized carbons (Fsp3) is 0.400. The lowest BCUT2D eigenvalue weighted by Crippen LogP contribution is -2.47. The van der Waals surface area contributed by atoms with Crippen molar-refractivity contribution in [1.29, 1.82) is 0 Å². The summed E-state index contributed by atoms with van der Waals surface area (Å²) in [6.45, 7) is 8.90. The SMILES string of the molecule is COc1cc(OC)c2c(C)c(CCN3CCN(c4ccccc4C)CC3)c(=O)oc2c1. The van der Waals surface area contributed by atoms with Gasteiger partial charge in [0.15, 0.2) is 0 Å². The first-order valence-corrected chi connectivity index (χ1v) is 10.7. The molecule has 1 saturated heterocycles. The van der Waals surface area contributed by atoms with E-state index in [-0.39, 0.29) is 5.63 Å². The van der Waals surface area contributed by atoms with Crippen LogP contribution in [-0.2, 0) is 6.42 Å². The first-order valence-electron chi connectivity index (χ1n) is 10.7. The minimum atomic E-state index is -0.279. The van der Waals surface area contributed by atoms with Gasteiger partial charge in [-0.2, -0.15) is 0 Å². The quantitative estimate of drug-likeness (QED) is 0.564. The summed E-state index contributed by atoms with van der Waals surface area (Å²) < 4.78 is 16.5. The molecule has 2 aromatic carbocycles. The van der Waals surface area contributed by atoms with Crippen LogP contribution >= 0.6 is 0 Å². The number of rotatable bonds is 6. The van der Waals surface area contributed by atoms with Gasteiger partial charge in [-0.25, -0.2) is 4.79 Å². The lowest BCUT2D eigenvalue weighted by molar-refractivity contribution is 0.260. The van der Waals surface area contributed by atoms with E-state index >= 15 is 0 Å². The van der Waals surface area contributed by atoms with Crippen LogP contribution < -0.4 is 20.0 Å². The normalized spacial score (nSPS) is 14.8. The fourth-order valence-corrected chi connectivity index (χ4v) is 4.45. The standard InChI is InChI=1S/C25H30N2O4/c1-17-7-5-6-8-21(17)27-13-11-26(12-14-27)10-9-20-18(2)24-22(30-4)15-19(29-3)16-23(24)31-25(20)28/h5-8,15-16H,9-14H2,1-4H3. The molecule has 1 aliphatic heterocycles. The van der Waals surface area contributed by atoms with Crippen LogP contribution in [-0.4, -0.2) is 51.8 Å². The van der Waals surface area contributed by atoms with Gasteiger partial charge in [-0.1, -0.05) is 18.2 Å². The maximum Gasteiger partial charge on any atom is 0.339 e. The van der Waals surface area contributed by atoms with Crippen molar-refractivity contribution in [3.05, 3.63) is 63.5 Å². The molecule has 164 valence electrons. The number of hydrogen-bond donors (Lipinski definition) is 0. The zero-order chi connectivity index (χ0) is 22.0.